The number of ketones is 1. The number of nitrogens with one attached hydrogen (secondary N) is 1. The number of carbonyl (C=O) groups is 1. The van der Waals surface area contributed by atoms with Crippen LogP contribution in [0.1, 0.15) is 49.0 Å². The molecule has 0 saturated heterocycles. The molecule has 0 spiro atoms. The first-order valence-corrected chi connectivity index (χ1v) is 10.4. The topological polar surface area (TPSA) is 110 Å². The monoisotopic (exact) mass is 424 g/mol. The van der Waals surface area contributed by atoms with Crippen LogP contribution in [0.15, 0.2) is 36.4 Å². The minimum atomic E-state index is -0.0531. The van der Waals surface area contributed by atoms with Gasteiger partial charge in [-0.05, 0) is 55.2 Å². The molecule has 3 aromatic rings. The van der Waals surface area contributed by atoms with E-state index >= 15 is 0 Å². The van der Waals surface area contributed by atoms with E-state index in [2.05, 4.69) is 20.6 Å². The van der Waals surface area contributed by atoms with Gasteiger partial charge in [0.05, 0.1) is 18.8 Å². The molecule has 0 aliphatic carbocycles. The highest BCUT2D eigenvalue weighted by Crippen LogP contribution is 2.32. The van der Waals surface area contributed by atoms with Crippen molar-refractivity contribution in [2.45, 2.75) is 40.0 Å². The number of ether oxygens (including phenoxy) is 2. The molecule has 0 bridgehead atoms. The van der Waals surface area contributed by atoms with E-state index in [1.54, 1.807) is 19.1 Å². The number of phenolic OH excluding ortho intramolecular Hbond substituents is 1. The van der Waals surface area contributed by atoms with Crippen molar-refractivity contribution in [1.29, 1.82) is 0 Å². The molecule has 0 unspecified atom stereocenters. The number of phenols is 1. The van der Waals surface area contributed by atoms with Crippen molar-refractivity contribution in [3.05, 3.63) is 47.5 Å². The summed E-state index contributed by atoms with van der Waals surface area (Å²) in [5.74, 6) is 2.05. The summed E-state index contributed by atoms with van der Waals surface area (Å²) in [7, 11) is 0. The van der Waals surface area contributed by atoms with Crippen molar-refractivity contribution in [2.24, 2.45) is 5.92 Å². The largest absolute Gasteiger partial charge is 0.507 e. The average Bonchev–Trinajstić information content (AvgIpc) is 3.28. The van der Waals surface area contributed by atoms with Crippen LogP contribution in [0, 0.1) is 12.8 Å². The van der Waals surface area contributed by atoms with Crippen molar-refractivity contribution in [3.63, 3.8) is 0 Å². The van der Waals surface area contributed by atoms with Crippen LogP contribution in [0.2, 0.25) is 0 Å². The summed E-state index contributed by atoms with van der Waals surface area (Å²) in [6.45, 7) is 6.76. The van der Waals surface area contributed by atoms with E-state index in [9.17, 15) is 9.90 Å². The molecule has 8 heteroatoms. The first kappa shape index (κ1) is 22.3. The lowest BCUT2D eigenvalue weighted by Gasteiger charge is -2.13. The summed E-state index contributed by atoms with van der Waals surface area (Å²) in [4.78, 5) is 12.3. The van der Waals surface area contributed by atoms with Crippen molar-refractivity contribution in [1.82, 2.24) is 20.6 Å². The Hall–Kier alpha value is -3.42. The molecular weight excluding hydrogens is 396 g/mol. The molecule has 0 atom stereocenters. The van der Waals surface area contributed by atoms with Gasteiger partial charge in [0.15, 0.2) is 5.78 Å². The third kappa shape index (κ3) is 6.04. The number of H-pyrrole nitrogens is 1. The van der Waals surface area contributed by atoms with Gasteiger partial charge < -0.3 is 14.6 Å². The number of aromatic hydroxyl groups is 1. The molecule has 0 fully saturated rings. The molecule has 0 saturated carbocycles. The quantitative estimate of drug-likeness (QED) is 0.348. The average molecular weight is 425 g/mol. The number of hydrogen-bond donors (Lipinski definition) is 2. The van der Waals surface area contributed by atoms with Crippen molar-refractivity contribution in [3.8, 4) is 28.6 Å². The highest BCUT2D eigenvalue weighted by Gasteiger charge is 2.17. The lowest BCUT2D eigenvalue weighted by molar-refractivity contribution is 0.0965. The lowest BCUT2D eigenvalue weighted by atomic mass is 9.98. The van der Waals surface area contributed by atoms with Gasteiger partial charge in [0.2, 0.25) is 5.82 Å². The normalized spacial score (nSPS) is 11.0. The van der Waals surface area contributed by atoms with E-state index in [1.165, 1.54) is 0 Å². The van der Waals surface area contributed by atoms with Gasteiger partial charge in [-0.2, -0.15) is 5.21 Å². The Balaban J connectivity index is 1.44. The fraction of sp³-hybridized carbons (Fsp3) is 0.391. The number of aromatic nitrogens is 4. The SMILES string of the molecule is Cc1c(OCCCCOc2cccc(-c3nn[nH]n3)c2)ccc(C(=O)CC(C)C)c1O. The standard InChI is InChI=1S/C23H28N4O4/c1-15(2)13-20(28)19-9-10-21(16(3)22(19)29)31-12-5-4-11-30-18-8-6-7-17(14-18)23-24-26-27-25-23/h6-10,14-15,29H,4-5,11-13H2,1-3H3,(H,24,25,26,27). The Labute approximate surface area is 181 Å². The van der Waals surface area contributed by atoms with Gasteiger partial charge >= 0.3 is 0 Å². The van der Waals surface area contributed by atoms with Crippen molar-refractivity contribution < 1.29 is 19.4 Å². The summed E-state index contributed by atoms with van der Waals surface area (Å²) in [5.41, 5.74) is 1.78. The fourth-order valence-electron chi connectivity index (χ4n) is 3.13. The van der Waals surface area contributed by atoms with Crippen LogP contribution in [0.4, 0.5) is 0 Å². The molecule has 0 radical (unpaired) electrons. The summed E-state index contributed by atoms with van der Waals surface area (Å²) < 4.78 is 11.6. The van der Waals surface area contributed by atoms with Crippen LogP contribution in [0.25, 0.3) is 11.4 Å². The van der Waals surface area contributed by atoms with Crippen LogP contribution < -0.4 is 9.47 Å². The highest BCUT2D eigenvalue weighted by molar-refractivity contribution is 5.99. The Morgan fingerprint density at radius 2 is 1.90 bits per heavy atom. The van der Waals surface area contributed by atoms with E-state index < -0.39 is 0 Å². The molecule has 0 aliphatic rings. The maximum absolute atomic E-state index is 12.3. The predicted molar refractivity (Wildman–Crippen MR) is 116 cm³/mol. The van der Waals surface area contributed by atoms with Crippen molar-refractivity contribution >= 4 is 5.78 Å². The zero-order valence-electron chi connectivity index (χ0n) is 18.1. The third-order valence-corrected chi connectivity index (χ3v) is 4.78. The molecule has 1 aromatic heterocycles. The van der Waals surface area contributed by atoms with Crippen LogP contribution in [0.5, 0.6) is 17.2 Å². The number of tetrazole rings is 1. The minimum absolute atomic E-state index is 0.00738. The minimum Gasteiger partial charge on any atom is -0.507 e. The Kier molecular flexibility index (Phi) is 7.59. The summed E-state index contributed by atoms with van der Waals surface area (Å²) >= 11 is 0. The summed E-state index contributed by atoms with van der Waals surface area (Å²) in [5, 5.41) is 24.3. The second kappa shape index (κ2) is 10.6. The zero-order valence-corrected chi connectivity index (χ0v) is 18.1. The molecule has 2 N–H and O–H groups in total. The molecule has 164 valence electrons. The third-order valence-electron chi connectivity index (χ3n) is 4.78. The van der Waals surface area contributed by atoms with Crippen LogP contribution in [0.3, 0.4) is 0 Å². The smallest absolute Gasteiger partial charge is 0.204 e. The molecule has 2 aromatic carbocycles. The summed E-state index contributed by atoms with van der Waals surface area (Å²) in [6, 6.07) is 10.9. The Bertz CT molecular complexity index is 1000. The first-order valence-electron chi connectivity index (χ1n) is 10.4. The number of Topliss-reactive ketones (excluding diaryl/α,β-unsaturated/α-hetero) is 1. The first-order chi connectivity index (χ1) is 15.0. The Morgan fingerprint density at radius 1 is 1.13 bits per heavy atom. The van der Waals surface area contributed by atoms with E-state index in [4.69, 9.17) is 9.47 Å². The highest BCUT2D eigenvalue weighted by atomic mass is 16.5. The molecule has 1 heterocycles. The van der Waals surface area contributed by atoms with Crippen LogP contribution in [-0.4, -0.2) is 44.7 Å². The number of rotatable bonds is 11. The number of hydrogen-bond acceptors (Lipinski definition) is 7. The lowest BCUT2D eigenvalue weighted by Crippen LogP contribution is -2.06. The molecular formula is C23H28N4O4. The van der Waals surface area contributed by atoms with E-state index in [1.807, 2.05) is 38.1 Å². The molecule has 8 nitrogen and oxygen atoms in total. The van der Waals surface area contributed by atoms with Gasteiger partial charge in [-0.3, -0.25) is 4.79 Å². The molecule has 3 rings (SSSR count). The van der Waals surface area contributed by atoms with Crippen LogP contribution in [-0.2, 0) is 0 Å². The van der Waals surface area contributed by atoms with E-state index in [0.29, 0.717) is 42.3 Å². The fourth-order valence-corrected chi connectivity index (χ4v) is 3.13. The second-order valence-corrected chi connectivity index (χ2v) is 7.77. The van der Waals surface area contributed by atoms with E-state index in [0.717, 1.165) is 24.2 Å². The Morgan fingerprint density at radius 3 is 2.61 bits per heavy atom. The molecule has 0 aliphatic heterocycles. The molecule has 31 heavy (non-hydrogen) atoms. The maximum Gasteiger partial charge on any atom is 0.204 e. The number of nitrogens with zero attached hydrogens (tertiary/aromatic N) is 3. The van der Waals surface area contributed by atoms with Crippen LogP contribution >= 0.6 is 0 Å². The van der Waals surface area contributed by atoms with Gasteiger partial charge in [0.25, 0.3) is 0 Å². The second-order valence-electron chi connectivity index (χ2n) is 7.77. The number of benzene rings is 2. The van der Waals surface area contributed by atoms with Gasteiger partial charge in [-0.25, -0.2) is 0 Å². The number of unbranched alkanes of at least 4 members (excludes halogenated alkanes) is 1. The van der Waals surface area contributed by atoms with Crippen molar-refractivity contribution in [2.75, 3.05) is 13.2 Å². The van der Waals surface area contributed by atoms with E-state index in [-0.39, 0.29) is 17.5 Å². The zero-order chi connectivity index (χ0) is 22.2. The predicted octanol–water partition coefficient (Wildman–Crippen LogP) is 4.35. The molecule has 0 amide bonds. The number of carbonyl (C=O) groups excluding carboxylic acids is 1. The maximum atomic E-state index is 12.3. The summed E-state index contributed by atoms with van der Waals surface area (Å²) in [6.07, 6.45) is 2.01. The van der Waals surface area contributed by atoms with Gasteiger partial charge in [0.1, 0.15) is 17.2 Å². The van der Waals surface area contributed by atoms with Gasteiger partial charge in [-0.1, -0.05) is 26.0 Å². The van der Waals surface area contributed by atoms with Gasteiger partial charge in [0, 0.05) is 17.5 Å². The number of aromatic amines is 1. The van der Waals surface area contributed by atoms with Gasteiger partial charge in [-0.15, -0.1) is 10.2 Å².